The molecule has 138 valence electrons. The maximum Gasteiger partial charge on any atom is 0.246 e. The van der Waals surface area contributed by atoms with E-state index < -0.39 is 0 Å². The predicted octanol–water partition coefficient (Wildman–Crippen LogP) is 4.14. The molecule has 0 heterocycles. The standard InChI is InChI=1S/C19H18Cl3NO3/c20-14-5-6-15(17(22)12-14)19-13(2-1-3-16(19)21)4-7-18(26)23(8-10-24)9-11-25/h1-7,12,24-25H,8-11H2/b7-4+. The highest BCUT2D eigenvalue weighted by molar-refractivity contribution is 6.38. The Bertz CT molecular complexity index is 803. The Morgan fingerprint density at radius 2 is 1.69 bits per heavy atom. The quantitative estimate of drug-likeness (QED) is 0.669. The van der Waals surface area contributed by atoms with Gasteiger partial charge < -0.3 is 15.1 Å². The number of aliphatic hydroxyl groups excluding tert-OH is 2. The minimum atomic E-state index is -0.318. The Kier molecular flexibility index (Phi) is 7.94. The number of amides is 1. The second kappa shape index (κ2) is 9.95. The van der Waals surface area contributed by atoms with Crippen LogP contribution in [0.25, 0.3) is 17.2 Å². The van der Waals surface area contributed by atoms with E-state index in [-0.39, 0.29) is 32.2 Å². The fourth-order valence-corrected chi connectivity index (χ4v) is 3.28. The number of hydrogen-bond donors (Lipinski definition) is 2. The average molecular weight is 415 g/mol. The van der Waals surface area contributed by atoms with E-state index in [1.807, 2.05) is 6.07 Å². The first-order valence-electron chi connectivity index (χ1n) is 7.90. The van der Waals surface area contributed by atoms with E-state index in [2.05, 4.69) is 0 Å². The molecular formula is C19H18Cl3NO3. The van der Waals surface area contributed by atoms with Crippen LogP contribution in [0, 0.1) is 0 Å². The monoisotopic (exact) mass is 413 g/mol. The maximum absolute atomic E-state index is 12.3. The van der Waals surface area contributed by atoms with Crippen molar-refractivity contribution in [3.63, 3.8) is 0 Å². The number of carbonyl (C=O) groups is 1. The SMILES string of the molecule is O=C(/C=C/c1cccc(Cl)c1-c1ccc(Cl)cc1Cl)N(CCO)CCO. The van der Waals surface area contributed by atoms with Crippen molar-refractivity contribution in [1.29, 1.82) is 0 Å². The van der Waals surface area contributed by atoms with E-state index >= 15 is 0 Å². The number of carbonyl (C=O) groups excluding carboxylic acids is 1. The summed E-state index contributed by atoms with van der Waals surface area (Å²) in [5.74, 6) is -0.318. The Balaban J connectivity index is 2.39. The molecule has 0 aromatic heterocycles. The molecule has 0 aliphatic rings. The Morgan fingerprint density at radius 3 is 2.31 bits per heavy atom. The topological polar surface area (TPSA) is 60.8 Å². The van der Waals surface area contributed by atoms with Gasteiger partial charge in [-0.1, -0.05) is 53.0 Å². The first-order valence-corrected chi connectivity index (χ1v) is 9.04. The van der Waals surface area contributed by atoms with E-state index in [0.717, 1.165) is 0 Å². The van der Waals surface area contributed by atoms with Gasteiger partial charge in [0.15, 0.2) is 0 Å². The van der Waals surface area contributed by atoms with E-state index in [4.69, 9.17) is 45.0 Å². The van der Waals surface area contributed by atoms with Crippen molar-refractivity contribution in [3.05, 3.63) is 63.1 Å². The molecule has 0 saturated heterocycles. The third-order valence-electron chi connectivity index (χ3n) is 3.70. The summed E-state index contributed by atoms with van der Waals surface area (Å²) in [7, 11) is 0. The van der Waals surface area contributed by atoms with Crippen LogP contribution in [-0.2, 0) is 4.79 Å². The fourth-order valence-electron chi connectivity index (χ4n) is 2.50. The maximum atomic E-state index is 12.3. The van der Waals surface area contributed by atoms with Crippen molar-refractivity contribution in [2.75, 3.05) is 26.3 Å². The molecule has 0 saturated carbocycles. The molecule has 2 N–H and O–H groups in total. The molecule has 0 bridgehead atoms. The molecule has 0 unspecified atom stereocenters. The summed E-state index contributed by atoms with van der Waals surface area (Å²) < 4.78 is 0. The highest BCUT2D eigenvalue weighted by atomic mass is 35.5. The predicted molar refractivity (Wildman–Crippen MR) is 107 cm³/mol. The molecule has 0 fully saturated rings. The Morgan fingerprint density at radius 1 is 1.00 bits per heavy atom. The Labute approximate surface area is 167 Å². The number of hydrogen-bond acceptors (Lipinski definition) is 3. The molecule has 26 heavy (non-hydrogen) atoms. The van der Waals surface area contributed by atoms with Gasteiger partial charge in [0.1, 0.15) is 0 Å². The van der Waals surface area contributed by atoms with E-state index in [1.54, 1.807) is 36.4 Å². The van der Waals surface area contributed by atoms with Gasteiger partial charge in [0.2, 0.25) is 5.91 Å². The van der Waals surface area contributed by atoms with Crippen molar-refractivity contribution in [3.8, 4) is 11.1 Å². The number of benzene rings is 2. The minimum absolute atomic E-state index is 0.148. The van der Waals surface area contributed by atoms with Crippen molar-refractivity contribution in [2.45, 2.75) is 0 Å². The smallest absolute Gasteiger partial charge is 0.246 e. The summed E-state index contributed by atoms with van der Waals surface area (Å²) in [5.41, 5.74) is 2.11. The molecule has 0 atom stereocenters. The molecule has 1 amide bonds. The average Bonchev–Trinajstić information content (AvgIpc) is 2.60. The summed E-state index contributed by atoms with van der Waals surface area (Å²) in [6.07, 6.45) is 3.01. The molecule has 0 spiro atoms. The van der Waals surface area contributed by atoms with Crippen molar-refractivity contribution >= 4 is 46.8 Å². The number of nitrogens with zero attached hydrogens (tertiary/aromatic N) is 1. The second-order valence-corrected chi connectivity index (χ2v) is 6.68. The molecule has 2 aromatic carbocycles. The van der Waals surface area contributed by atoms with E-state index in [0.29, 0.717) is 31.8 Å². The van der Waals surface area contributed by atoms with E-state index in [9.17, 15) is 4.79 Å². The highest BCUT2D eigenvalue weighted by Crippen LogP contribution is 2.37. The van der Waals surface area contributed by atoms with Crippen molar-refractivity contribution < 1.29 is 15.0 Å². The summed E-state index contributed by atoms with van der Waals surface area (Å²) in [6, 6.07) is 10.5. The van der Waals surface area contributed by atoms with Gasteiger partial charge in [0, 0.05) is 45.4 Å². The van der Waals surface area contributed by atoms with Gasteiger partial charge in [-0.15, -0.1) is 0 Å². The normalized spacial score (nSPS) is 11.1. The lowest BCUT2D eigenvalue weighted by Gasteiger charge is -2.18. The molecular weight excluding hydrogens is 397 g/mol. The number of halogens is 3. The highest BCUT2D eigenvalue weighted by Gasteiger charge is 2.13. The molecule has 0 aliphatic carbocycles. The van der Waals surface area contributed by atoms with Gasteiger partial charge in [-0.3, -0.25) is 4.79 Å². The van der Waals surface area contributed by atoms with Gasteiger partial charge in [-0.2, -0.15) is 0 Å². The molecule has 2 rings (SSSR count). The summed E-state index contributed by atoms with van der Waals surface area (Å²) >= 11 is 18.6. The fraction of sp³-hybridized carbons (Fsp3) is 0.211. The molecule has 7 heteroatoms. The zero-order valence-electron chi connectivity index (χ0n) is 13.8. The van der Waals surface area contributed by atoms with Crippen molar-refractivity contribution in [1.82, 2.24) is 4.90 Å². The summed E-state index contributed by atoms with van der Waals surface area (Å²) in [6.45, 7) is -0.0605. The van der Waals surface area contributed by atoms with Gasteiger partial charge >= 0.3 is 0 Å². The molecule has 2 aromatic rings. The van der Waals surface area contributed by atoms with Crippen LogP contribution in [-0.4, -0.2) is 47.3 Å². The van der Waals surface area contributed by atoms with Crippen LogP contribution in [0.15, 0.2) is 42.5 Å². The van der Waals surface area contributed by atoms with Crippen LogP contribution in [0.5, 0.6) is 0 Å². The van der Waals surface area contributed by atoms with Crippen LogP contribution < -0.4 is 0 Å². The van der Waals surface area contributed by atoms with Gasteiger partial charge in [-0.25, -0.2) is 0 Å². The molecule has 4 nitrogen and oxygen atoms in total. The third kappa shape index (κ3) is 5.22. The van der Waals surface area contributed by atoms with Crippen LogP contribution in [0.2, 0.25) is 15.1 Å². The summed E-state index contributed by atoms with van der Waals surface area (Å²) in [5, 5.41) is 19.5. The largest absolute Gasteiger partial charge is 0.395 e. The number of aliphatic hydroxyl groups is 2. The lowest BCUT2D eigenvalue weighted by Crippen LogP contribution is -2.34. The molecule has 0 radical (unpaired) electrons. The van der Waals surface area contributed by atoms with Crippen LogP contribution in [0.1, 0.15) is 5.56 Å². The van der Waals surface area contributed by atoms with Crippen LogP contribution in [0.4, 0.5) is 0 Å². The van der Waals surface area contributed by atoms with Crippen molar-refractivity contribution in [2.24, 2.45) is 0 Å². The summed E-state index contributed by atoms with van der Waals surface area (Å²) in [4.78, 5) is 13.6. The second-order valence-electron chi connectivity index (χ2n) is 5.43. The number of rotatable bonds is 7. The lowest BCUT2D eigenvalue weighted by atomic mass is 9.99. The zero-order chi connectivity index (χ0) is 19.1. The van der Waals surface area contributed by atoms with Gasteiger partial charge in [0.05, 0.1) is 13.2 Å². The van der Waals surface area contributed by atoms with Gasteiger partial charge in [-0.05, 0) is 29.8 Å². The molecule has 0 aliphatic heterocycles. The first kappa shape index (κ1) is 20.7. The van der Waals surface area contributed by atoms with Crippen LogP contribution >= 0.6 is 34.8 Å². The van der Waals surface area contributed by atoms with E-state index in [1.165, 1.54) is 11.0 Å². The Hall–Kier alpha value is -1.56. The van der Waals surface area contributed by atoms with Gasteiger partial charge in [0.25, 0.3) is 0 Å². The third-order valence-corrected chi connectivity index (χ3v) is 4.57. The van der Waals surface area contributed by atoms with Crippen LogP contribution in [0.3, 0.4) is 0 Å². The first-order chi connectivity index (χ1) is 12.5. The zero-order valence-corrected chi connectivity index (χ0v) is 16.1. The lowest BCUT2D eigenvalue weighted by molar-refractivity contribution is -0.126. The minimum Gasteiger partial charge on any atom is -0.395 e.